The fraction of sp³-hybridized carbons (Fsp3) is 0.667. The smallest absolute Gasteiger partial charge is 0.306 e. The Morgan fingerprint density at radius 3 is 3.04 bits per heavy atom. The predicted octanol–water partition coefficient (Wildman–Crippen LogP) is 2.03. The Balaban J connectivity index is 1.43. The highest BCUT2D eigenvalue weighted by Gasteiger charge is 2.61. The van der Waals surface area contributed by atoms with Crippen LogP contribution in [0.15, 0.2) is 6.33 Å². The second-order valence-electron chi connectivity index (χ2n) is 7.71. The first-order chi connectivity index (χ1) is 11.9. The maximum absolute atomic E-state index is 12.4. The zero-order valence-electron chi connectivity index (χ0n) is 15.2. The minimum absolute atomic E-state index is 0.0365. The first-order valence-corrected chi connectivity index (χ1v) is 8.86. The molecule has 2 aromatic rings. The first kappa shape index (κ1) is 16.4. The maximum atomic E-state index is 12.4. The van der Waals surface area contributed by atoms with Gasteiger partial charge in [0.2, 0.25) is 0 Å². The van der Waals surface area contributed by atoms with Crippen LogP contribution in [0.2, 0.25) is 0 Å². The number of aromatic nitrogens is 4. The molecule has 0 amide bonds. The van der Waals surface area contributed by atoms with Gasteiger partial charge < -0.3 is 9.47 Å². The lowest BCUT2D eigenvalue weighted by atomic mass is 9.59. The van der Waals surface area contributed by atoms with E-state index in [0.29, 0.717) is 24.5 Å². The van der Waals surface area contributed by atoms with Crippen LogP contribution in [-0.4, -0.2) is 44.4 Å². The summed E-state index contributed by atoms with van der Waals surface area (Å²) in [5, 5.41) is 4.19. The van der Waals surface area contributed by atoms with E-state index < -0.39 is 0 Å². The molecule has 2 aromatic heterocycles. The highest BCUT2D eigenvalue weighted by atomic mass is 16.6. The van der Waals surface area contributed by atoms with Crippen LogP contribution in [0.25, 0.3) is 5.78 Å². The molecule has 7 nitrogen and oxygen atoms in total. The highest BCUT2D eigenvalue weighted by molar-refractivity contribution is 5.70. The van der Waals surface area contributed by atoms with E-state index in [0.717, 1.165) is 30.0 Å². The van der Waals surface area contributed by atoms with E-state index in [1.807, 2.05) is 13.8 Å². The lowest BCUT2D eigenvalue weighted by Gasteiger charge is -2.53. The quantitative estimate of drug-likeness (QED) is 0.790. The molecule has 3 heterocycles. The Labute approximate surface area is 146 Å². The van der Waals surface area contributed by atoms with E-state index in [4.69, 9.17) is 9.47 Å². The Bertz CT molecular complexity index is 829. The summed E-state index contributed by atoms with van der Waals surface area (Å²) in [5.41, 5.74) is 2.80. The number of aryl methyl sites for hydroxylation is 2. The Hall–Kier alpha value is -2.02. The van der Waals surface area contributed by atoms with Crippen LogP contribution in [0.5, 0.6) is 0 Å². The second-order valence-corrected chi connectivity index (χ2v) is 7.71. The van der Waals surface area contributed by atoms with Gasteiger partial charge in [-0.25, -0.2) is 9.50 Å². The van der Waals surface area contributed by atoms with Crippen molar-refractivity contribution in [1.29, 1.82) is 0 Å². The number of nitrogens with zero attached hydrogens (tertiary/aromatic N) is 4. The molecule has 3 atom stereocenters. The van der Waals surface area contributed by atoms with Gasteiger partial charge in [0.25, 0.3) is 5.78 Å². The number of esters is 1. The number of fused-ring (bicyclic) bond motifs is 2. The van der Waals surface area contributed by atoms with Gasteiger partial charge in [0, 0.05) is 35.7 Å². The van der Waals surface area contributed by atoms with Crippen molar-refractivity contribution in [2.45, 2.75) is 59.2 Å². The summed E-state index contributed by atoms with van der Waals surface area (Å²) in [5.74, 6) is 0.793. The fourth-order valence-electron chi connectivity index (χ4n) is 4.46. The van der Waals surface area contributed by atoms with E-state index in [-0.39, 0.29) is 23.6 Å². The third-order valence-corrected chi connectivity index (χ3v) is 5.82. The number of hydrogen-bond donors (Lipinski definition) is 0. The molecule has 1 saturated heterocycles. The molecule has 2 fully saturated rings. The van der Waals surface area contributed by atoms with Crippen molar-refractivity contribution < 1.29 is 14.3 Å². The van der Waals surface area contributed by atoms with Gasteiger partial charge >= 0.3 is 5.97 Å². The van der Waals surface area contributed by atoms with Crippen molar-refractivity contribution in [2.75, 3.05) is 6.61 Å². The number of carbonyl (C=O) groups is 1. The Morgan fingerprint density at radius 1 is 1.44 bits per heavy atom. The molecule has 134 valence electrons. The van der Waals surface area contributed by atoms with E-state index in [1.54, 1.807) is 4.52 Å². The van der Waals surface area contributed by atoms with Crippen LogP contribution in [0.3, 0.4) is 0 Å². The van der Waals surface area contributed by atoms with E-state index >= 15 is 0 Å². The molecule has 0 aromatic carbocycles. The fourth-order valence-corrected chi connectivity index (χ4v) is 4.46. The van der Waals surface area contributed by atoms with Gasteiger partial charge in [0.15, 0.2) is 0 Å². The molecule has 1 aliphatic carbocycles. The van der Waals surface area contributed by atoms with Crippen molar-refractivity contribution in [3.63, 3.8) is 0 Å². The van der Waals surface area contributed by atoms with Crippen LogP contribution in [-0.2, 0) is 20.7 Å². The summed E-state index contributed by atoms with van der Waals surface area (Å²) < 4.78 is 13.3. The van der Waals surface area contributed by atoms with Gasteiger partial charge in [-0.15, -0.1) is 0 Å². The van der Waals surface area contributed by atoms with Crippen molar-refractivity contribution in [3.8, 4) is 0 Å². The third kappa shape index (κ3) is 2.52. The van der Waals surface area contributed by atoms with Gasteiger partial charge in [0.1, 0.15) is 12.4 Å². The molecule has 0 radical (unpaired) electrons. The molecule has 4 rings (SSSR count). The lowest BCUT2D eigenvalue weighted by molar-refractivity contribution is -0.210. The second kappa shape index (κ2) is 5.76. The minimum Gasteiger partial charge on any atom is -0.461 e. The Morgan fingerprint density at radius 2 is 2.24 bits per heavy atom. The zero-order chi connectivity index (χ0) is 17.8. The van der Waals surface area contributed by atoms with Crippen LogP contribution in [0, 0.1) is 25.2 Å². The topological polar surface area (TPSA) is 78.6 Å². The molecular weight excluding hydrogens is 320 g/mol. The summed E-state index contributed by atoms with van der Waals surface area (Å²) in [7, 11) is 0. The SMILES string of the molecule is Cc1nc2ncnn2c(C)c1CCC(=O)OC1C2CCOC2C1(C)C. The predicted molar refractivity (Wildman–Crippen MR) is 90.1 cm³/mol. The standard InChI is InChI=1S/C18H24N4O3/c1-10-12(11(2)22-17(21-10)19-9-20-22)5-6-14(23)25-16-13-7-8-24-15(13)18(16,3)4/h9,13,15-16H,5-8H2,1-4H3. The number of carbonyl (C=O) groups excluding carboxylic acids is 1. The Kier molecular flexibility index (Phi) is 3.79. The van der Waals surface area contributed by atoms with Gasteiger partial charge in [-0.05, 0) is 32.3 Å². The average Bonchev–Trinajstić information content (AvgIpc) is 3.20. The molecule has 1 aliphatic heterocycles. The van der Waals surface area contributed by atoms with Crippen LogP contribution >= 0.6 is 0 Å². The number of rotatable bonds is 4. The van der Waals surface area contributed by atoms with Crippen LogP contribution in [0.1, 0.15) is 43.6 Å². The molecule has 25 heavy (non-hydrogen) atoms. The molecule has 0 bridgehead atoms. The van der Waals surface area contributed by atoms with Crippen molar-refractivity contribution in [2.24, 2.45) is 11.3 Å². The summed E-state index contributed by atoms with van der Waals surface area (Å²) in [4.78, 5) is 21.0. The van der Waals surface area contributed by atoms with E-state index in [2.05, 4.69) is 28.9 Å². The molecule has 2 aliphatic rings. The molecule has 0 spiro atoms. The normalized spacial score (nSPS) is 27.1. The number of ether oxygens (including phenoxy) is 2. The number of hydrogen-bond acceptors (Lipinski definition) is 6. The highest BCUT2D eigenvalue weighted by Crippen LogP contribution is 2.53. The maximum Gasteiger partial charge on any atom is 0.306 e. The van der Waals surface area contributed by atoms with Crippen molar-refractivity contribution >= 4 is 11.7 Å². The molecule has 1 saturated carbocycles. The van der Waals surface area contributed by atoms with Gasteiger partial charge in [-0.2, -0.15) is 10.1 Å². The summed E-state index contributed by atoms with van der Waals surface area (Å²) >= 11 is 0. The molecule has 7 heteroatoms. The third-order valence-electron chi connectivity index (χ3n) is 5.82. The minimum atomic E-state index is -0.152. The van der Waals surface area contributed by atoms with E-state index in [9.17, 15) is 4.79 Å². The first-order valence-electron chi connectivity index (χ1n) is 8.86. The van der Waals surface area contributed by atoms with Crippen LogP contribution in [0.4, 0.5) is 0 Å². The summed E-state index contributed by atoms with van der Waals surface area (Å²) in [6.07, 6.45) is 3.60. The summed E-state index contributed by atoms with van der Waals surface area (Å²) in [6.45, 7) is 8.93. The molecule has 3 unspecified atom stereocenters. The van der Waals surface area contributed by atoms with Crippen molar-refractivity contribution in [1.82, 2.24) is 19.6 Å². The van der Waals surface area contributed by atoms with Gasteiger partial charge in [-0.3, -0.25) is 4.79 Å². The largest absolute Gasteiger partial charge is 0.461 e. The monoisotopic (exact) mass is 344 g/mol. The van der Waals surface area contributed by atoms with Gasteiger partial charge in [-0.1, -0.05) is 13.8 Å². The zero-order valence-corrected chi connectivity index (χ0v) is 15.2. The molecular formula is C18H24N4O3. The van der Waals surface area contributed by atoms with E-state index in [1.165, 1.54) is 6.33 Å². The average molecular weight is 344 g/mol. The van der Waals surface area contributed by atoms with Crippen molar-refractivity contribution in [3.05, 3.63) is 23.3 Å². The van der Waals surface area contributed by atoms with Crippen LogP contribution < -0.4 is 0 Å². The van der Waals surface area contributed by atoms with Gasteiger partial charge in [0.05, 0.1) is 6.10 Å². The lowest BCUT2D eigenvalue weighted by Crippen LogP contribution is -2.61. The molecule has 0 N–H and O–H groups in total. The summed E-state index contributed by atoms with van der Waals surface area (Å²) in [6, 6.07) is 0.